The quantitative estimate of drug-likeness (QED) is 0.914. The number of carbonyl (C=O) groups excluding carboxylic acids is 1. The lowest BCUT2D eigenvalue weighted by atomic mass is 9.99. The first-order chi connectivity index (χ1) is 10.2. The molecule has 1 heterocycles. The number of halogens is 1. The minimum atomic E-state index is -0.624. The van der Waals surface area contributed by atoms with E-state index in [1.807, 2.05) is 6.07 Å². The molecule has 3 nitrogen and oxygen atoms in total. The predicted molar refractivity (Wildman–Crippen MR) is 80.0 cm³/mol. The normalized spacial score (nSPS) is 13.3. The van der Waals surface area contributed by atoms with Gasteiger partial charge in [0.2, 0.25) is 0 Å². The maximum atomic E-state index is 13.5. The molecule has 0 saturated heterocycles. The maximum Gasteiger partial charge on any atom is 0.265 e. The van der Waals surface area contributed by atoms with Gasteiger partial charge < -0.3 is 5.32 Å². The van der Waals surface area contributed by atoms with E-state index >= 15 is 0 Å². The van der Waals surface area contributed by atoms with E-state index in [0.29, 0.717) is 4.88 Å². The summed E-state index contributed by atoms with van der Waals surface area (Å²) in [5.41, 5.74) is 1.33. The molecule has 106 valence electrons. The molecule has 1 aromatic heterocycles. The second kappa shape index (κ2) is 5.66. The van der Waals surface area contributed by atoms with Crippen LogP contribution in [0, 0.1) is 17.1 Å². The van der Waals surface area contributed by atoms with E-state index in [4.69, 9.17) is 5.26 Å². The molecule has 0 saturated carbocycles. The molecule has 5 heteroatoms. The summed E-state index contributed by atoms with van der Waals surface area (Å²) in [6.45, 7) is 0. The molecule has 3 rings (SSSR count). The van der Waals surface area contributed by atoms with Gasteiger partial charge in [0.15, 0.2) is 0 Å². The van der Waals surface area contributed by atoms with Gasteiger partial charge in [-0.2, -0.15) is 5.26 Å². The summed E-state index contributed by atoms with van der Waals surface area (Å²) in [6, 6.07) is 7.92. The molecule has 0 atom stereocenters. The van der Waals surface area contributed by atoms with Crippen LogP contribution in [0.15, 0.2) is 24.3 Å². The van der Waals surface area contributed by atoms with Gasteiger partial charge in [-0.3, -0.25) is 4.79 Å². The number of fused-ring (bicyclic) bond motifs is 1. The van der Waals surface area contributed by atoms with E-state index in [1.165, 1.54) is 40.0 Å². The van der Waals surface area contributed by atoms with E-state index < -0.39 is 5.82 Å². The molecular formula is C16H13FN2OS. The molecule has 0 bridgehead atoms. The van der Waals surface area contributed by atoms with Gasteiger partial charge in [-0.25, -0.2) is 4.39 Å². The predicted octanol–water partition coefficient (Wildman–Crippen LogP) is 3.89. The van der Waals surface area contributed by atoms with Gasteiger partial charge in [0.05, 0.1) is 10.6 Å². The first kappa shape index (κ1) is 13.8. The Morgan fingerprint density at radius 1 is 1.33 bits per heavy atom. The van der Waals surface area contributed by atoms with Crippen molar-refractivity contribution in [3.8, 4) is 6.07 Å². The molecule has 0 radical (unpaired) electrons. The van der Waals surface area contributed by atoms with Crippen LogP contribution < -0.4 is 5.32 Å². The number of benzene rings is 1. The number of nitrogens with one attached hydrogen (secondary N) is 1. The Kier molecular flexibility index (Phi) is 3.72. The number of hydrogen-bond acceptors (Lipinski definition) is 3. The Hall–Kier alpha value is -2.19. The van der Waals surface area contributed by atoms with Crippen molar-refractivity contribution in [1.29, 1.82) is 5.26 Å². The number of thiophene rings is 1. The van der Waals surface area contributed by atoms with Gasteiger partial charge in [-0.05, 0) is 49.4 Å². The fraction of sp³-hybridized carbons (Fsp3) is 0.250. The minimum absolute atomic E-state index is 0.132. The fourth-order valence-electron chi connectivity index (χ4n) is 2.53. The van der Waals surface area contributed by atoms with E-state index in [-0.39, 0.29) is 17.2 Å². The van der Waals surface area contributed by atoms with Crippen LogP contribution in [0.3, 0.4) is 0 Å². The SMILES string of the molecule is N#Cc1c(F)cccc1NC(=O)c1cc2c(s1)CCCC2. The highest BCUT2D eigenvalue weighted by molar-refractivity contribution is 7.14. The van der Waals surface area contributed by atoms with E-state index in [1.54, 1.807) is 6.07 Å². The number of aryl methyl sites for hydroxylation is 2. The number of carbonyl (C=O) groups is 1. The summed E-state index contributed by atoms with van der Waals surface area (Å²) in [4.78, 5) is 14.2. The lowest BCUT2D eigenvalue weighted by molar-refractivity contribution is 0.103. The number of rotatable bonds is 2. The van der Waals surface area contributed by atoms with E-state index in [9.17, 15) is 9.18 Å². The van der Waals surface area contributed by atoms with Crippen LogP contribution >= 0.6 is 11.3 Å². The van der Waals surface area contributed by atoms with Crippen molar-refractivity contribution in [3.63, 3.8) is 0 Å². The highest BCUT2D eigenvalue weighted by atomic mass is 32.1. The number of nitriles is 1. The third-order valence-corrected chi connectivity index (χ3v) is 4.83. The number of amides is 1. The molecule has 21 heavy (non-hydrogen) atoms. The van der Waals surface area contributed by atoms with Gasteiger partial charge >= 0.3 is 0 Å². The van der Waals surface area contributed by atoms with Crippen LogP contribution in [0.5, 0.6) is 0 Å². The summed E-state index contributed by atoms with van der Waals surface area (Å²) < 4.78 is 13.5. The highest BCUT2D eigenvalue weighted by Gasteiger charge is 2.18. The van der Waals surface area contributed by atoms with Crippen LogP contribution in [0.25, 0.3) is 0 Å². The van der Waals surface area contributed by atoms with Gasteiger partial charge in [0, 0.05) is 4.88 Å². The highest BCUT2D eigenvalue weighted by Crippen LogP contribution is 2.30. The monoisotopic (exact) mass is 300 g/mol. The van der Waals surface area contributed by atoms with Gasteiger partial charge in [0.1, 0.15) is 17.4 Å². The largest absolute Gasteiger partial charge is 0.320 e. The average molecular weight is 300 g/mol. The van der Waals surface area contributed by atoms with Crippen LogP contribution in [-0.4, -0.2) is 5.91 Å². The molecule has 1 aromatic carbocycles. The Morgan fingerprint density at radius 3 is 2.90 bits per heavy atom. The van der Waals surface area contributed by atoms with Crippen molar-refractivity contribution < 1.29 is 9.18 Å². The second-order valence-electron chi connectivity index (χ2n) is 4.99. The van der Waals surface area contributed by atoms with Crippen LogP contribution in [0.4, 0.5) is 10.1 Å². The van der Waals surface area contributed by atoms with Crippen molar-refractivity contribution in [2.75, 3.05) is 5.32 Å². The molecule has 1 N–H and O–H groups in total. The number of nitrogens with zero attached hydrogens (tertiary/aromatic N) is 1. The average Bonchev–Trinajstić information content (AvgIpc) is 2.91. The molecule has 1 aliphatic carbocycles. The molecule has 1 amide bonds. The molecule has 0 fully saturated rings. The summed E-state index contributed by atoms with van der Waals surface area (Å²) in [7, 11) is 0. The van der Waals surface area contributed by atoms with Crippen molar-refractivity contribution in [2.45, 2.75) is 25.7 Å². The molecular weight excluding hydrogens is 287 g/mol. The summed E-state index contributed by atoms with van der Waals surface area (Å²) in [5.74, 6) is -0.905. The third-order valence-electron chi connectivity index (χ3n) is 3.59. The minimum Gasteiger partial charge on any atom is -0.320 e. The first-order valence-electron chi connectivity index (χ1n) is 6.80. The van der Waals surface area contributed by atoms with Crippen LogP contribution in [0.2, 0.25) is 0 Å². The van der Waals surface area contributed by atoms with Gasteiger partial charge in [-0.15, -0.1) is 11.3 Å². The summed E-state index contributed by atoms with van der Waals surface area (Å²) >= 11 is 1.49. The van der Waals surface area contributed by atoms with Crippen LogP contribution in [0.1, 0.15) is 38.5 Å². The third kappa shape index (κ3) is 2.67. The molecule has 2 aromatic rings. The Bertz CT molecular complexity index is 722. The molecule has 0 aliphatic heterocycles. The Morgan fingerprint density at radius 2 is 2.14 bits per heavy atom. The number of hydrogen-bond donors (Lipinski definition) is 1. The Labute approximate surface area is 126 Å². The second-order valence-corrected chi connectivity index (χ2v) is 6.13. The van der Waals surface area contributed by atoms with Gasteiger partial charge in [0.25, 0.3) is 5.91 Å². The van der Waals surface area contributed by atoms with E-state index in [2.05, 4.69) is 5.32 Å². The zero-order chi connectivity index (χ0) is 14.8. The molecule has 1 aliphatic rings. The summed E-state index contributed by atoms with van der Waals surface area (Å²) in [5, 5.41) is 11.6. The topological polar surface area (TPSA) is 52.9 Å². The molecule has 0 unspecified atom stereocenters. The van der Waals surface area contributed by atoms with Crippen molar-refractivity contribution in [1.82, 2.24) is 0 Å². The standard InChI is InChI=1S/C16H13FN2OS/c17-12-5-3-6-13(11(12)9-18)19-16(20)15-8-10-4-1-2-7-14(10)21-15/h3,5-6,8H,1-2,4,7H2,(H,19,20). The van der Waals surface area contributed by atoms with Crippen molar-refractivity contribution in [3.05, 3.63) is 51.0 Å². The molecule has 0 spiro atoms. The first-order valence-corrected chi connectivity index (χ1v) is 7.62. The Balaban J connectivity index is 1.86. The zero-order valence-corrected chi connectivity index (χ0v) is 12.1. The lowest BCUT2D eigenvalue weighted by Gasteiger charge is -2.08. The van der Waals surface area contributed by atoms with Crippen molar-refractivity contribution in [2.24, 2.45) is 0 Å². The number of anilines is 1. The van der Waals surface area contributed by atoms with Crippen LogP contribution in [-0.2, 0) is 12.8 Å². The van der Waals surface area contributed by atoms with Gasteiger partial charge in [-0.1, -0.05) is 6.07 Å². The maximum absolute atomic E-state index is 13.5. The van der Waals surface area contributed by atoms with Crippen molar-refractivity contribution >= 4 is 22.9 Å². The summed E-state index contributed by atoms with van der Waals surface area (Å²) in [6.07, 6.45) is 4.36. The zero-order valence-electron chi connectivity index (χ0n) is 11.3. The fourth-order valence-corrected chi connectivity index (χ4v) is 3.68. The smallest absolute Gasteiger partial charge is 0.265 e. The lowest BCUT2D eigenvalue weighted by Crippen LogP contribution is -2.11. The van der Waals surface area contributed by atoms with E-state index in [0.717, 1.165) is 25.7 Å².